The number of halogens is 2. The number of aryl methyl sites for hydroxylation is 1. The van der Waals surface area contributed by atoms with Crippen molar-refractivity contribution >= 4 is 0 Å². The first kappa shape index (κ1) is 11.4. The number of rotatable bonds is 2. The predicted octanol–water partition coefficient (Wildman–Crippen LogP) is 1.79. The van der Waals surface area contributed by atoms with E-state index >= 15 is 0 Å². The summed E-state index contributed by atoms with van der Waals surface area (Å²) in [4.78, 5) is 6.36. The van der Waals surface area contributed by atoms with E-state index in [-0.39, 0.29) is 5.92 Å². The van der Waals surface area contributed by atoms with Crippen LogP contribution >= 0.6 is 0 Å². The molecule has 1 aromatic heterocycles. The SMILES string of the molecule is Cc1nc(C2CCN(C)CC2)nn1C(F)F. The van der Waals surface area contributed by atoms with Gasteiger partial charge in [0.25, 0.3) is 0 Å². The van der Waals surface area contributed by atoms with Crippen LogP contribution in [0.15, 0.2) is 0 Å². The molecule has 1 saturated heterocycles. The second kappa shape index (κ2) is 4.45. The molecule has 0 aliphatic carbocycles. The van der Waals surface area contributed by atoms with Crippen molar-refractivity contribution in [3.63, 3.8) is 0 Å². The highest BCUT2D eigenvalue weighted by Crippen LogP contribution is 2.26. The van der Waals surface area contributed by atoms with Crippen LogP contribution in [0.4, 0.5) is 8.78 Å². The molecule has 0 spiro atoms. The summed E-state index contributed by atoms with van der Waals surface area (Å²) in [5.41, 5.74) is 0. The van der Waals surface area contributed by atoms with Crippen molar-refractivity contribution in [1.29, 1.82) is 0 Å². The van der Waals surface area contributed by atoms with Crippen LogP contribution in [0.25, 0.3) is 0 Å². The van der Waals surface area contributed by atoms with Gasteiger partial charge in [0.05, 0.1) is 0 Å². The molecule has 4 nitrogen and oxygen atoms in total. The first-order valence-corrected chi connectivity index (χ1v) is 5.47. The fourth-order valence-electron chi connectivity index (χ4n) is 2.05. The van der Waals surface area contributed by atoms with Crippen LogP contribution in [0.1, 0.15) is 37.0 Å². The van der Waals surface area contributed by atoms with Crippen molar-refractivity contribution in [3.05, 3.63) is 11.6 Å². The van der Waals surface area contributed by atoms with Crippen LogP contribution in [0, 0.1) is 6.92 Å². The third-order valence-corrected chi connectivity index (χ3v) is 3.09. The van der Waals surface area contributed by atoms with E-state index in [0.29, 0.717) is 16.3 Å². The molecule has 2 rings (SSSR count). The maximum absolute atomic E-state index is 12.5. The van der Waals surface area contributed by atoms with E-state index < -0.39 is 6.55 Å². The van der Waals surface area contributed by atoms with E-state index in [1.807, 2.05) is 0 Å². The largest absolute Gasteiger partial charge is 0.334 e. The molecule has 1 aliphatic heterocycles. The van der Waals surface area contributed by atoms with Crippen LogP contribution in [-0.2, 0) is 0 Å². The summed E-state index contributed by atoms with van der Waals surface area (Å²) in [6.07, 6.45) is 1.90. The molecule has 0 atom stereocenters. The van der Waals surface area contributed by atoms with Crippen molar-refractivity contribution in [3.8, 4) is 0 Å². The van der Waals surface area contributed by atoms with E-state index in [1.165, 1.54) is 0 Å². The summed E-state index contributed by atoms with van der Waals surface area (Å²) in [5, 5.41) is 3.90. The fraction of sp³-hybridized carbons (Fsp3) is 0.800. The minimum Gasteiger partial charge on any atom is -0.306 e. The Hall–Kier alpha value is -1.04. The van der Waals surface area contributed by atoms with E-state index in [2.05, 4.69) is 22.0 Å². The number of likely N-dealkylation sites (tertiary alicyclic amines) is 1. The van der Waals surface area contributed by atoms with Crippen LogP contribution in [-0.4, -0.2) is 39.8 Å². The zero-order valence-corrected chi connectivity index (χ0v) is 9.53. The van der Waals surface area contributed by atoms with E-state index in [4.69, 9.17) is 0 Å². The first-order chi connectivity index (χ1) is 7.58. The third-order valence-electron chi connectivity index (χ3n) is 3.09. The maximum atomic E-state index is 12.5. The van der Waals surface area contributed by atoms with Crippen LogP contribution in [0.3, 0.4) is 0 Å². The van der Waals surface area contributed by atoms with Crippen molar-refractivity contribution in [2.24, 2.45) is 0 Å². The van der Waals surface area contributed by atoms with Crippen molar-refractivity contribution in [2.75, 3.05) is 20.1 Å². The predicted molar refractivity (Wildman–Crippen MR) is 55.5 cm³/mol. The summed E-state index contributed by atoms with van der Waals surface area (Å²) in [6, 6.07) is 0. The Kier molecular flexibility index (Phi) is 3.18. The molecule has 0 bridgehead atoms. The minimum atomic E-state index is -2.59. The summed E-state index contributed by atoms with van der Waals surface area (Å²) in [6.45, 7) is 0.935. The van der Waals surface area contributed by atoms with Gasteiger partial charge in [-0.2, -0.15) is 18.6 Å². The van der Waals surface area contributed by atoms with E-state index in [1.54, 1.807) is 6.92 Å². The maximum Gasteiger partial charge on any atom is 0.334 e. The third kappa shape index (κ3) is 2.21. The van der Waals surface area contributed by atoms with Gasteiger partial charge in [0.1, 0.15) is 5.82 Å². The van der Waals surface area contributed by atoms with Crippen molar-refractivity contribution in [2.45, 2.75) is 32.2 Å². The number of alkyl halides is 2. The number of aromatic nitrogens is 3. The Morgan fingerprint density at radius 1 is 1.31 bits per heavy atom. The summed E-state index contributed by atoms with van der Waals surface area (Å²) >= 11 is 0. The lowest BCUT2D eigenvalue weighted by atomic mass is 9.97. The Morgan fingerprint density at radius 3 is 2.44 bits per heavy atom. The van der Waals surface area contributed by atoms with E-state index in [9.17, 15) is 8.78 Å². The van der Waals surface area contributed by atoms with Gasteiger partial charge in [-0.1, -0.05) is 0 Å². The molecule has 0 N–H and O–H groups in total. The molecule has 90 valence electrons. The van der Waals surface area contributed by atoms with Gasteiger partial charge in [-0.15, -0.1) is 0 Å². The molecule has 1 fully saturated rings. The lowest BCUT2D eigenvalue weighted by Gasteiger charge is -2.27. The van der Waals surface area contributed by atoms with Gasteiger partial charge < -0.3 is 4.90 Å². The van der Waals surface area contributed by atoms with E-state index in [0.717, 1.165) is 25.9 Å². The molecular weight excluding hydrogens is 214 g/mol. The smallest absolute Gasteiger partial charge is 0.306 e. The average molecular weight is 230 g/mol. The lowest BCUT2D eigenvalue weighted by Crippen LogP contribution is -2.29. The molecule has 2 heterocycles. The molecule has 0 radical (unpaired) electrons. The second-order valence-corrected chi connectivity index (χ2v) is 4.32. The Balaban J connectivity index is 2.12. The monoisotopic (exact) mass is 230 g/mol. The summed E-state index contributed by atoms with van der Waals surface area (Å²) in [5.74, 6) is 1.10. The van der Waals surface area contributed by atoms with Crippen LogP contribution in [0.2, 0.25) is 0 Å². The Bertz CT molecular complexity index is 356. The van der Waals surface area contributed by atoms with Crippen LogP contribution < -0.4 is 0 Å². The second-order valence-electron chi connectivity index (χ2n) is 4.32. The van der Waals surface area contributed by atoms with Gasteiger partial charge in [-0.3, -0.25) is 0 Å². The minimum absolute atomic E-state index is 0.231. The number of nitrogens with zero attached hydrogens (tertiary/aromatic N) is 4. The molecular formula is C10H16F2N4. The quantitative estimate of drug-likeness (QED) is 0.776. The van der Waals surface area contributed by atoms with Gasteiger partial charge >= 0.3 is 6.55 Å². The molecule has 0 amide bonds. The summed E-state index contributed by atoms with van der Waals surface area (Å²) < 4.78 is 25.7. The fourth-order valence-corrected chi connectivity index (χ4v) is 2.05. The Morgan fingerprint density at radius 2 is 1.94 bits per heavy atom. The van der Waals surface area contributed by atoms with Crippen LogP contribution in [0.5, 0.6) is 0 Å². The number of piperidine rings is 1. The van der Waals surface area contributed by atoms with Gasteiger partial charge in [-0.05, 0) is 39.9 Å². The van der Waals surface area contributed by atoms with Gasteiger partial charge in [-0.25, -0.2) is 4.98 Å². The van der Waals surface area contributed by atoms with Gasteiger partial charge in [0, 0.05) is 5.92 Å². The highest BCUT2D eigenvalue weighted by atomic mass is 19.3. The standard InChI is InChI=1S/C10H16F2N4/c1-7-13-9(14-16(7)10(11)12)8-3-5-15(2)6-4-8/h8,10H,3-6H2,1-2H3. The zero-order chi connectivity index (χ0) is 11.7. The molecule has 16 heavy (non-hydrogen) atoms. The molecule has 6 heteroatoms. The normalized spacial score (nSPS) is 19.6. The molecule has 0 saturated carbocycles. The Labute approximate surface area is 93.3 Å². The zero-order valence-electron chi connectivity index (χ0n) is 9.53. The highest BCUT2D eigenvalue weighted by Gasteiger charge is 2.24. The first-order valence-electron chi connectivity index (χ1n) is 5.47. The van der Waals surface area contributed by atoms with Gasteiger partial charge in [0.15, 0.2) is 5.82 Å². The molecule has 1 aromatic rings. The van der Waals surface area contributed by atoms with Gasteiger partial charge in [0.2, 0.25) is 0 Å². The molecule has 0 aromatic carbocycles. The highest BCUT2D eigenvalue weighted by molar-refractivity contribution is 5.00. The summed E-state index contributed by atoms with van der Waals surface area (Å²) in [7, 11) is 2.06. The van der Waals surface area contributed by atoms with Crippen molar-refractivity contribution < 1.29 is 8.78 Å². The number of hydrogen-bond donors (Lipinski definition) is 0. The lowest BCUT2D eigenvalue weighted by molar-refractivity contribution is 0.0533. The molecule has 1 aliphatic rings. The van der Waals surface area contributed by atoms with Crippen molar-refractivity contribution in [1.82, 2.24) is 19.7 Å². The average Bonchev–Trinajstić information content (AvgIpc) is 2.61. The number of hydrogen-bond acceptors (Lipinski definition) is 3. The topological polar surface area (TPSA) is 34.0 Å². The molecule has 0 unspecified atom stereocenters.